The number of rotatable bonds is 8. The van der Waals surface area contributed by atoms with Crippen LogP contribution >= 0.6 is 11.6 Å². The number of methoxy groups -OCH3 is 1. The molecule has 0 aliphatic carbocycles. The van der Waals surface area contributed by atoms with Crippen molar-refractivity contribution in [3.05, 3.63) is 82.6 Å². The van der Waals surface area contributed by atoms with Crippen molar-refractivity contribution in [1.82, 2.24) is 0 Å². The van der Waals surface area contributed by atoms with Crippen LogP contribution in [-0.2, 0) is 13.2 Å². The highest BCUT2D eigenvalue weighted by atomic mass is 35.5. The van der Waals surface area contributed by atoms with Gasteiger partial charge in [-0.05, 0) is 61.2 Å². The van der Waals surface area contributed by atoms with Crippen LogP contribution in [0, 0.1) is 5.82 Å². The predicted molar refractivity (Wildman–Crippen MR) is 129 cm³/mol. The molecule has 1 aliphatic rings. The van der Waals surface area contributed by atoms with Crippen LogP contribution in [0.2, 0.25) is 5.02 Å². The first-order chi connectivity index (χ1) is 15.6. The Morgan fingerprint density at radius 3 is 2.50 bits per heavy atom. The molecule has 1 fully saturated rings. The number of hydrogen-bond donors (Lipinski definition) is 1. The van der Waals surface area contributed by atoms with Crippen LogP contribution in [0.1, 0.15) is 30.4 Å². The quantitative estimate of drug-likeness (QED) is 0.412. The lowest BCUT2D eigenvalue weighted by Crippen LogP contribution is -2.29. The number of benzene rings is 3. The lowest BCUT2D eigenvalue weighted by Gasteiger charge is -2.29. The first-order valence-corrected chi connectivity index (χ1v) is 11.3. The van der Waals surface area contributed by atoms with E-state index in [0.29, 0.717) is 24.7 Å². The Hall–Kier alpha value is -2.92. The van der Waals surface area contributed by atoms with E-state index in [1.807, 2.05) is 24.3 Å². The van der Waals surface area contributed by atoms with Crippen molar-refractivity contribution in [2.24, 2.45) is 0 Å². The normalized spacial score (nSPS) is 13.7. The van der Waals surface area contributed by atoms with Crippen molar-refractivity contribution in [2.75, 3.05) is 30.4 Å². The molecule has 3 aromatic carbocycles. The topological polar surface area (TPSA) is 33.7 Å². The highest BCUT2D eigenvalue weighted by Gasteiger charge is 2.15. The van der Waals surface area contributed by atoms with Gasteiger partial charge in [-0.2, -0.15) is 0 Å². The van der Waals surface area contributed by atoms with Gasteiger partial charge in [-0.25, -0.2) is 4.39 Å². The standard InChI is InChI=1S/C26H28ClFN2O2/c1-31-25-7-5-6-20(26(25)32-18-19-8-10-21(28)11-9-19)17-29-22-12-13-24(23(27)16-22)30-14-3-2-4-15-30/h5-13,16,29H,2-4,14-15,17-18H2,1H3. The molecule has 0 saturated carbocycles. The number of para-hydroxylation sites is 1. The summed E-state index contributed by atoms with van der Waals surface area (Å²) in [5, 5.41) is 4.20. The van der Waals surface area contributed by atoms with Gasteiger partial charge < -0.3 is 19.7 Å². The lowest BCUT2D eigenvalue weighted by molar-refractivity contribution is 0.281. The number of nitrogens with zero attached hydrogens (tertiary/aromatic N) is 1. The maximum absolute atomic E-state index is 13.2. The van der Waals surface area contributed by atoms with Crippen LogP contribution in [-0.4, -0.2) is 20.2 Å². The van der Waals surface area contributed by atoms with E-state index in [9.17, 15) is 4.39 Å². The van der Waals surface area contributed by atoms with Gasteiger partial charge in [0, 0.05) is 30.9 Å². The molecule has 3 aromatic rings. The van der Waals surface area contributed by atoms with E-state index in [4.69, 9.17) is 21.1 Å². The Bertz CT molecular complexity index is 1040. The molecule has 0 bridgehead atoms. The number of halogens is 2. The SMILES string of the molecule is COc1cccc(CNc2ccc(N3CCCCC3)c(Cl)c2)c1OCc1ccc(F)cc1. The predicted octanol–water partition coefficient (Wildman–Crippen LogP) is 6.67. The zero-order valence-electron chi connectivity index (χ0n) is 18.2. The first kappa shape index (κ1) is 22.3. The highest BCUT2D eigenvalue weighted by Crippen LogP contribution is 2.34. The van der Waals surface area contributed by atoms with Gasteiger partial charge in [0.25, 0.3) is 0 Å². The number of hydrogen-bond acceptors (Lipinski definition) is 4. The zero-order chi connectivity index (χ0) is 22.3. The zero-order valence-corrected chi connectivity index (χ0v) is 19.0. The average Bonchev–Trinajstić information content (AvgIpc) is 2.83. The Balaban J connectivity index is 1.45. The van der Waals surface area contributed by atoms with Gasteiger partial charge in [-0.3, -0.25) is 0 Å². The third kappa shape index (κ3) is 5.46. The molecular formula is C26H28ClFN2O2. The van der Waals surface area contributed by atoms with E-state index in [1.54, 1.807) is 19.2 Å². The van der Waals surface area contributed by atoms with E-state index >= 15 is 0 Å². The van der Waals surface area contributed by atoms with Gasteiger partial charge in [0.1, 0.15) is 12.4 Å². The Morgan fingerprint density at radius 2 is 1.78 bits per heavy atom. The number of piperidine rings is 1. The largest absolute Gasteiger partial charge is 0.493 e. The van der Waals surface area contributed by atoms with Gasteiger partial charge >= 0.3 is 0 Å². The van der Waals surface area contributed by atoms with Crippen LogP contribution < -0.4 is 19.7 Å². The molecule has 32 heavy (non-hydrogen) atoms. The Kier molecular flexibility index (Phi) is 7.38. The summed E-state index contributed by atoms with van der Waals surface area (Å²) in [6.45, 7) is 3.00. The van der Waals surface area contributed by atoms with Gasteiger partial charge in [-0.15, -0.1) is 0 Å². The molecule has 4 nitrogen and oxygen atoms in total. The molecule has 6 heteroatoms. The molecule has 0 radical (unpaired) electrons. The molecule has 0 atom stereocenters. The van der Waals surface area contributed by atoms with E-state index in [0.717, 1.165) is 40.6 Å². The van der Waals surface area contributed by atoms with Gasteiger partial charge in [0.15, 0.2) is 11.5 Å². The molecule has 0 unspecified atom stereocenters. The molecule has 0 amide bonds. The highest BCUT2D eigenvalue weighted by molar-refractivity contribution is 6.33. The van der Waals surface area contributed by atoms with E-state index in [2.05, 4.69) is 22.3 Å². The smallest absolute Gasteiger partial charge is 0.166 e. The average molecular weight is 455 g/mol. The molecule has 1 heterocycles. The van der Waals surface area contributed by atoms with Crippen molar-refractivity contribution in [1.29, 1.82) is 0 Å². The summed E-state index contributed by atoms with van der Waals surface area (Å²) >= 11 is 6.60. The monoisotopic (exact) mass is 454 g/mol. The molecule has 1 N–H and O–H groups in total. The molecular weight excluding hydrogens is 427 g/mol. The second-order valence-electron chi connectivity index (χ2n) is 7.93. The third-order valence-corrected chi connectivity index (χ3v) is 6.01. The fraction of sp³-hybridized carbons (Fsp3) is 0.308. The van der Waals surface area contributed by atoms with Crippen LogP contribution in [0.5, 0.6) is 11.5 Å². The molecule has 0 aromatic heterocycles. The minimum absolute atomic E-state index is 0.263. The maximum atomic E-state index is 13.2. The maximum Gasteiger partial charge on any atom is 0.166 e. The molecule has 1 aliphatic heterocycles. The van der Waals surface area contributed by atoms with Crippen molar-refractivity contribution in [2.45, 2.75) is 32.4 Å². The van der Waals surface area contributed by atoms with E-state index in [1.165, 1.54) is 31.4 Å². The van der Waals surface area contributed by atoms with Crippen molar-refractivity contribution in [3.63, 3.8) is 0 Å². The van der Waals surface area contributed by atoms with Crippen LogP contribution in [0.15, 0.2) is 60.7 Å². The molecule has 0 spiro atoms. The van der Waals surface area contributed by atoms with Crippen molar-refractivity contribution >= 4 is 23.0 Å². The fourth-order valence-electron chi connectivity index (χ4n) is 3.97. The van der Waals surface area contributed by atoms with Gasteiger partial charge in [-0.1, -0.05) is 35.9 Å². The summed E-state index contributed by atoms with van der Waals surface area (Å²) in [6, 6.07) is 18.2. The van der Waals surface area contributed by atoms with Crippen LogP contribution in [0.25, 0.3) is 0 Å². The molecule has 4 rings (SSSR count). The fourth-order valence-corrected chi connectivity index (χ4v) is 4.27. The third-order valence-electron chi connectivity index (χ3n) is 5.70. The summed E-state index contributed by atoms with van der Waals surface area (Å²) in [7, 11) is 1.62. The first-order valence-electron chi connectivity index (χ1n) is 11.0. The summed E-state index contributed by atoms with van der Waals surface area (Å²) in [5.41, 5.74) is 3.89. The Morgan fingerprint density at radius 1 is 1.00 bits per heavy atom. The van der Waals surface area contributed by atoms with Crippen molar-refractivity contribution in [3.8, 4) is 11.5 Å². The van der Waals surface area contributed by atoms with Gasteiger partial charge in [0.05, 0.1) is 17.8 Å². The summed E-state index contributed by atoms with van der Waals surface area (Å²) in [6.07, 6.45) is 3.72. The summed E-state index contributed by atoms with van der Waals surface area (Å²) < 4.78 is 24.8. The molecule has 168 valence electrons. The number of nitrogens with one attached hydrogen (secondary N) is 1. The Labute approximate surface area is 193 Å². The van der Waals surface area contributed by atoms with E-state index in [-0.39, 0.29) is 5.82 Å². The van der Waals surface area contributed by atoms with E-state index < -0.39 is 0 Å². The van der Waals surface area contributed by atoms with Crippen molar-refractivity contribution < 1.29 is 13.9 Å². The van der Waals surface area contributed by atoms with Crippen LogP contribution in [0.4, 0.5) is 15.8 Å². The number of ether oxygens (including phenoxy) is 2. The summed E-state index contributed by atoms with van der Waals surface area (Å²) in [5.74, 6) is 1.06. The minimum atomic E-state index is -0.263. The minimum Gasteiger partial charge on any atom is -0.493 e. The second kappa shape index (κ2) is 10.6. The second-order valence-corrected chi connectivity index (χ2v) is 8.34. The van der Waals surface area contributed by atoms with Gasteiger partial charge in [0.2, 0.25) is 0 Å². The lowest BCUT2D eigenvalue weighted by atomic mass is 10.1. The molecule has 1 saturated heterocycles. The number of anilines is 2. The van der Waals surface area contributed by atoms with Crippen LogP contribution in [0.3, 0.4) is 0 Å². The summed E-state index contributed by atoms with van der Waals surface area (Å²) in [4.78, 5) is 2.36.